The molecule has 0 radical (unpaired) electrons. The second-order valence-corrected chi connectivity index (χ2v) is 8.74. The second-order valence-electron chi connectivity index (χ2n) is 5.66. The molecule has 2 rings (SSSR count). The third-order valence-corrected chi connectivity index (χ3v) is 7.18. The Balaban J connectivity index is 2.33. The molecule has 0 bridgehead atoms. The highest BCUT2D eigenvalue weighted by molar-refractivity contribution is 7.59. The summed E-state index contributed by atoms with van der Waals surface area (Å²) < 4.78 is 19.3. The largest absolute Gasteiger partial charge is 0.327 e. The van der Waals surface area contributed by atoms with Gasteiger partial charge < -0.3 is 4.52 Å². The third kappa shape index (κ3) is 4.94. The Morgan fingerprint density at radius 3 is 2.38 bits per heavy atom. The summed E-state index contributed by atoms with van der Waals surface area (Å²) in [5.74, 6) is -0.411. The zero-order chi connectivity index (χ0) is 17.4. The zero-order valence-electron chi connectivity index (χ0n) is 14.2. The van der Waals surface area contributed by atoms with Gasteiger partial charge in [-0.1, -0.05) is 67.1 Å². The number of hydrogen-bond donors (Lipinski definition) is 1. The summed E-state index contributed by atoms with van der Waals surface area (Å²) in [5.41, 5.74) is 1.97. The lowest BCUT2D eigenvalue weighted by Gasteiger charge is -2.29. The van der Waals surface area contributed by atoms with Gasteiger partial charge in [0.05, 0.1) is 6.61 Å². The van der Waals surface area contributed by atoms with Gasteiger partial charge in [-0.2, -0.15) is 0 Å². The van der Waals surface area contributed by atoms with Crippen LogP contribution in [0.3, 0.4) is 0 Å². The van der Waals surface area contributed by atoms with Crippen LogP contribution in [0, 0.1) is 0 Å². The van der Waals surface area contributed by atoms with Gasteiger partial charge in [-0.25, -0.2) is 0 Å². The minimum absolute atomic E-state index is 0.411. The Hall–Kier alpha value is -1.12. The average molecular weight is 366 g/mol. The molecule has 0 heterocycles. The SMILES string of the molecule is CCCP(=O)(OCC)C(NCc1ccccc1)c1ccccc1Cl. The molecule has 0 fully saturated rings. The highest BCUT2D eigenvalue weighted by Crippen LogP contribution is 2.59. The minimum Gasteiger partial charge on any atom is -0.327 e. The molecule has 0 aliphatic carbocycles. The van der Waals surface area contributed by atoms with Gasteiger partial charge in [0.25, 0.3) is 0 Å². The van der Waals surface area contributed by atoms with Crippen molar-refractivity contribution in [2.75, 3.05) is 12.8 Å². The smallest absolute Gasteiger partial charge is 0.223 e. The molecule has 2 unspecified atom stereocenters. The van der Waals surface area contributed by atoms with E-state index in [1.807, 2.05) is 68.4 Å². The predicted molar refractivity (Wildman–Crippen MR) is 102 cm³/mol. The summed E-state index contributed by atoms with van der Waals surface area (Å²) in [6, 6.07) is 17.6. The van der Waals surface area contributed by atoms with E-state index in [-0.39, 0.29) is 0 Å². The summed E-state index contributed by atoms with van der Waals surface area (Å²) in [5, 5.41) is 4.04. The molecular weight excluding hydrogens is 341 g/mol. The van der Waals surface area contributed by atoms with Gasteiger partial charge in [0.2, 0.25) is 7.37 Å². The van der Waals surface area contributed by atoms with Crippen molar-refractivity contribution in [1.82, 2.24) is 5.32 Å². The number of nitrogens with one attached hydrogen (secondary N) is 1. The molecule has 130 valence electrons. The molecule has 0 spiro atoms. The summed E-state index contributed by atoms with van der Waals surface area (Å²) >= 11 is 6.39. The van der Waals surface area contributed by atoms with E-state index in [2.05, 4.69) is 5.32 Å². The van der Waals surface area contributed by atoms with E-state index >= 15 is 0 Å². The Labute approximate surface area is 149 Å². The number of halogens is 1. The Morgan fingerprint density at radius 1 is 1.08 bits per heavy atom. The first-order valence-corrected chi connectivity index (χ1v) is 10.6. The fourth-order valence-electron chi connectivity index (χ4n) is 2.77. The first kappa shape index (κ1) is 19.2. The van der Waals surface area contributed by atoms with E-state index in [4.69, 9.17) is 16.1 Å². The fourth-order valence-corrected chi connectivity index (χ4v) is 5.70. The molecular formula is C19H25ClNO2P. The van der Waals surface area contributed by atoms with Crippen LogP contribution < -0.4 is 5.32 Å². The summed E-state index contributed by atoms with van der Waals surface area (Å²) in [6.07, 6.45) is 1.32. The summed E-state index contributed by atoms with van der Waals surface area (Å²) in [6.45, 7) is 4.93. The maximum absolute atomic E-state index is 13.5. The average Bonchev–Trinajstić information content (AvgIpc) is 2.58. The van der Waals surface area contributed by atoms with Gasteiger partial charge >= 0.3 is 0 Å². The topological polar surface area (TPSA) is 38.3 Å². The Bertz CT molecular complexity index is 668. The van der Waals surface area contributed by atoms with Crippen LogP contribution in [0.1, 0.15) is 37.2 Å². The molecule has 0 aliphatic rings. The van der Waals surface area contributed by atoms with Crippen molar-refractivity contribution in [3.05, 3.63) is 70.7 Å². The van der Waals surface area contributed by atoms with Crippen LogP contribution in [0.5, 0.6) is 0 Å². The van der Waals surface area contributed by atoms with Gasteiger partial charge in [-0.05, 0) is 30.5 Å². The first-order valence-electron chi connectivity index (χ1n) is 8.35. The normalized spacial score (nSPS) is 15.0. The van der Waals surface area contributed by atoms with Crippen LogP contribution in [-0.2, 0) is 15.6 Å². The number of benzene rings is 2. The van der Waals surface area contributed by atoms with E-state index in [0.29, 0.717) is 24.3 Å². The van der Waals surface area contributed by atoms with Gasteiger partial charge in [0.15, 0.2) is 0 Å². The molecule has 0 aliphatic heterocycles. The van der Waals surface area contributed by atoms with Gasteiger partial charge in [0.1, 0.15) is 5.78 Å². The van der Waals surface area contributed by atoms with Gasteiger partial charge in [-0.15, -0.1) is 0 Å². The highest BCUT2D eigenvalue weighted by atomic mass is 35.5. The molecule has 3 nitrogen and oxygen atoms in total. The molecule has 24 heavy (non-hydrogen) atoms. The van der Waals surface area contributed by atoms with Crippen LogP contribution in [0.15, 0.2) is 54.6 Å². The lowest BCUT2D eigenvalue weighted by molar-refractivity contribution is 0.319. The van der Waals surface area contributed by atoms with Crippen molar-refractivity contribution in [2.45, 2.75) is 32.6 Å². The van der Waals surface area contributed by atoms with Crippen molar-refractivity contribution in [3.8, 4) is 0 Å². The Kier molecular flexibility index (Phi) is 7.51. The maximum Gasteiger partial charge on any atom is 0.223 e. The van der Waals surface area contributed by atoms with E-state index in [0.717, 1.165) is 17.5 Å². The lowest BCUT2D eigenvalue weighted by Crippen LogP contribution is -2.23. The Morgan fingerprint density at radius 2 is 1.75 bits per heavy atom. The third-order valence-electron chi connectivity index (χ3n) is 3.82. The molecule has 1 N–H and O–H groups in total. The van der Waals surface area contributed by atoms with Crippen molar-refractivity contribution < 1.29 is 9.09 Å². The molecule has 0 aromatic heterocycles. The van der Waals surface area contributed by atoms with Crippen LogP contribution in [0.25, 0.3) is 0 Å². The molecule has 0 saturated heterocycles. The quantitative estimate of drug-likeness (QED) is 0.566. The number of hydrogen-bond acceptors (Lipinski definition) is 3. The standard InChI is InChI=1S/C19H25ClNO2P/c1-3-14-24(22,23-4-2)19(17-12-8-9-13-18(17)20)21-15-16-10-6-5-7-11-16/h5-13,19,21H,3-4,14-15H2,1-2H3. The second kappa shape index (κ2) is 9.39. The summed E-state index contributed by atoms with van der Waals surface area (Å²) in [7, 11) is -2.91. The van der Waals surface area contributed by atoms with E-state index < -0.39 is 13.2 Å². The molecule has 2 aromatic rings. The van der Waals surface area contributed by atoms with E-state index in [9.17, 15) is 4.57 Å². The molecule has 2 aromatic carbocycles. The summed E-state index contributed by atoms with van der Waals surface area (Å²) in [4.78, 5) is 0. The molecule has 5 heteroatoms. The fraction of sp³-hybridized carbons (Fsp3) is 0.368. The molecule has 0 amide bonds. The monoisotopic (exact) mass is 365 g/mol. The van der Waals surface area contributed by atoms with Crippen molar-refractivity contribution in [3.63, 3.8) is 0 Å². The molecule has 0 saturated carbocycles. The van der Waals surface area contributed by atoms with E-state index in [1.54, 1.807) is 0 Å². The first-order chi connectivity index (χ1) is 11.6. The predicted octanol–water partition coefficient (Wildman–Crippen LogP) is 5.85. The number of rotatable bonds is 9. The van der Waals surface area contributed by atoms with E-state index in [1.165, 1.54) is 0 Å². The van der Waals surface area contributed by atoms with Gasteiger partial charge in [0, 0.05) is 17.7 Å². The van der Waals surface area contributed by atoms with Crippen molar-refractivity contribution in [1.29, 1.82) is 0 Å². The van der Waals surface area contributed by atoms with Crippen molar-refractivity contribution in [2.24, 2.45) is 0 Å². The zero-order valence-corrected chi connectivity index (χ0v) is 15.9. The van der Waals surface area contributed by atoms with Crippen molar-refractivity contribution >= 4 is 19.0 Å². The lowest BCUT2D eigenvalue weighted by atomic mass is 10.2. The van der Waals surface area contributed by atoms with Crippen LogP contribution in [-0.4, -0.2) is 12.8 Å². The minimum atomic E-state index is -2.91. The van der Waals surface area contributed by atoms with Crippen LogP contribution in [0.4, 0.5) is 0 Å². The molecule has 2 atom stereocenters. The maximum atomic E-state index is 13.5. The van der Waals surface area contributed by atoms with Gasteiger partial charge in [-0.3, -0.25) is 9.88 Å². The van der Waals surface area contributed by atoms with Crippen LogP contribution in [0.2, 0.25) is 5.02 Å². The highest BCUT2D eigenvalue weighted by Gasteiger charge is 2.35. The van der Waals surface area contributed by atoms with Crippen LogP contribution >= 0.6 is 19.0 Å².